The van der Waals surface area contributed by atoms with E-state index in [1.54, 1.807) is 22.7 Å². The van der Waals surface area contributed by atoms with Gasteiger partial charge >= 0.3 is 0 Å². The highest BCUT2D eigenvalue weighted by Crippen LogP contribution is 2.30. The number of amides is 1. The summed E-state index contributed by atoms with van der Waals surface area (Å²) in [7, 11) is 0. The molecule has 6 heteroatoms. The van der Waals surface area contributed by atoms with Gasteiger partial charge in [0, 0.05) is 22.9 Å². The Hall–Kier alpha value is -1.24. The highest BCUT2D eigenvalue weighted by molar-refractivity contribution is 7.14. The number of thiazole rings is 1. The Bertz CT molecular complexity index is 666. The molecule has 1 aliphatic carbocycles. The molecule has 0 unspecified atom stereocenters. The van der Waals surface area contributed by atoms with Crippen LogP contribution in [-0.4, -0.2) is 41.1 Å². The summed E-state index contributed by atoms with van der Waals surface area (Å²) < 4.78 is 5.86. The van der Waals surface area contributed by atoms with Crippen molar-refractivity contribution < 1.29 is 9.53 Å². The smallest absolute Gasteiger partial charge is 0.229 e. The van der Waals surface area contributed by atoms with Gasteiger partial charge in [-0.25, -0.2) is 4.98 Å². The fourth-order valence-corrected chi connectivity index (χ4v) is 5.10. The third kappa shape index (κ3) is 3.20. The quantitative estimate of drug-likeness (QED) is 0.851. The predicted molar refractivity (Wildman–Crippen MR) is 92.8 cm³/mol. The maximum Gasteiger partial charge on any atom is 0.229 e. The summed E-state index contributed by atoms with van der Waals surface area (Å²) in [5.74, 6) is 0.201. The minimum absolute atomic E-state index is 0.201. The molecule has 0 spiro atoms. The second kappa shape index (κ2) is 6.71. The van der Waals surface area contributed by atoms with Gasteiger partial charge < -0.3 is 9.64 Å². The first-order valence-electron chi connectivity index (χ1n) is 8.19. The molecule has 2 aromatic heterocycles. The highest BCUT2D eigenvalue weighted by atomic mass is 32.1. The molecule has 4 rings (SSSR count). The molecule has 2 fully saturated rings. The zero-order valence-electron chi connectivity index (χ0n) is 12.9. The molecule has 2 atom stereocenters. The Morgan fingerprint density at radius 2 is 2.26 bits per heavy atom. The monoisotopic (exact) mass is 348 g/mol. The van der Waals surface area contributed by atoms with Crippen molar-refractivity contribution in [2.45, 2.75) is 44.2 Å². The van der Waals surface area contributed by atoms with E-state index in [2.05, 4.69) is 26.7 Å². The number of thiophene rings is 1. The van der Waals surface area contributed by atoms with Gasteiger partial charge in [0.25, 0.3) is 0 Å². The predicted octanol–water partition coefficient (Wildman–Crippen LogP) is 3.58. The van der Waals surface area contributed by atoms with E-state index in [0.29, 0.717) is 13.0 Å². The summed E-state index contributed by atoms with van der Waals surface area (Å²) in [6.07, 6.45) is 5.25. The van der Waals surface area contributed by atoms with E-state index in [9.17, 15) is 4.79 Å². The largest absolute Gasteiger partial charge is 0.374 e. The molecular weight excluding hydrogens is 328 g/mol. The number of morpholine rings is 1. The Morgan fingerprint density at radius 1 is 1.35 bits per heavy atom. The van der Waals surface area contributed by atoms with E-state index in [0.717, 1.165) is 35.7 Å². The van der Waals surface area contributed by atoms with E-state index in [4.69, 9.17) is 4.74 Å². The SMILES string of the molecule is O=C(Cc1csc(-c2ccsc2)n1)N1CCO[C@H]2CCCC[C@H]21. The molecule has 122 valence electrons. The summed E-state index contributed by atoms with van der Waals surface area (Å²) in [5, 5.41) is 7.17. The molecule has 0 aromatic carbocycles. The van der Waals surface area contributed by atoms with Gasteiger partial charge in [-0.3, -0.25) is 4.79 Å². The number of ether oxygens (including phenoxy) is 1. The first-order valence-corrected chi connectivity index (χ1v) is 10.0. The van der Waals surface area contributed by atoms with Gasteiger partial charge in [-0.2, -0.15) is 11.3 Å². The Balaban J connectivity index is 1.45. The minimum Gasteiger partial charge on any atom is -0.374 e. The lowest BCUT2D eigenvalue weighted by atomic mass is 9.90. The van der Waals surface area contributed by atoms with Gasteiger partial charge in [0.1, 0.15) is 5.01 Å². The number of carbonyl (C=O) groups excluding carboxylic acids is 1. The second-order valence-corrected chi connectivity index (χ2v) is 7.82. The Morgan fingerprint density at radius 3 is 3.13 bits per heavy atom. The molecular formula is C17H20N2O2S2. The molecule has 3 heterocycles. The van der Waals surface area contributed by atoms with Crippen molar-refractivity contribution in [3.05, 3.63) is 27.9 Å². The zero-order valence-corrected chi connectivity index (χ0v) is 14.6. The van der Waals surface area contributed by atoms with Crippen molar-refractivity contribution in [1.29, 1.82) is 0 Å². The van der Waals surface area contributed by atoms with E-state index in [1.165, 1.54) is 12.8 Å². The molecule has 0 bridgehead atoms. The summed E-state index contributed by atoms with van der Waals surface area (Å²) in [6.45, 7) is 1.39. The standard InChI is InChI=1S/C17H20N2O2S2/c20-16(19-6-7-21-15-4-2-1-3-14(15)19)9-13-11-23-17(18-13)12-5-8-22-10-12/h5,8,10-11,14-15H,1-4,6-7,9H2/t14-,15+/m1/s1. The van der Waals surface area contributed by atoms with E-state index < -0.39 is 0 Å². The number of fused-ring (bicyclic) bond motifs is 1. The van der Waals surface area contributed by atoms with Crippen molar-refractivity contribution in [1.82, 2.24) is 9.88 Å². The van der Waals surface area contributed by atoms with Crippen LogP contribution in [0.4, 0.5) is 0 Å². The number of rotatable bonds is 3. The van der Waals surface area contributed by atoms with Gasteiger partial charge in [0.05, 0.1) is 30.9 Å². The van der Waals surface area contributed by atoms with Crippen LogP contribution in [0.3, 0.4) is 0 Å². The third-order valence-electron chi connectivity index (χ3n) is 4.70. The summed E-state index contributed by atoms with van der Waals surface area (Å²) >= 11 is 3.29. The van der Waals surface area contributed by atoms with Crippen molar-refractivity contribution in [2.24, 2.45) is 0 Å². The molecule has 0 radical (unpaired) electrons. The van der Waals surface area contributed by atoms with Crippen LogP contribution in [0.25, 0.3) is 10.6 Å². The van der Waals surface area contributed by atoms with Gasteiger partial charge in [-0.05, 0) is 24.3 Å². The van der Waals surface area contributed by atoms with E-state index in [1.807, 2.05) is 5.38 Å². The van der Waals surface area contributed by atoms with Crippen molar-refractivity contribution in [3.8, 4) is 10.6 Å². The highest BCUT2D eigenvalue weighted by Gasteiger charge is 2.36. The molecule has 2 aliphatic rings. The molecule has 23 heavy (non-hydrogen) atoms. The fraction of sp³-hybridized carbons (Fsp3) is 0.529. The lowest BCUT2D eigenvalue weighted by Gasteiger charge is -2.43. The third-order valence-corrected chi connectivity index (χ3v) is 6.33. The van der Waals surface area contributed by atoms with E-state index >= 15 is 0 Å². The average Bonchev–Trinajstić information content (AvgIpc) is 3.25. The Kier molecular flexibility index (Phi) is 4.46. The van der Waals surface area contributed by atoms with Crippen LogP contribution in [0.2, 0.25) is 0 Å². The molecule has 1 amide bonds. The average molecular weight is 348 g/mol. The zero-order chi connectivity index (χ0) is 15.6. The molecule has 0 N–H and O–H groups in total. The van der Waals surface area contributed by atoms with Crippen molar-refractivity contribution in [2.75, 3.05) is 13.2 Å². The van der Waals surface area contributed by atoms with Crippen molar-refractivity contribution in [3.63, 3.8) is 0 Å². The van der Waals surface area contributed by atoms with Crippen LogP contribution in [0.5, 0.6) is 0 Å². The van der Waals surface area contributed by atoms with Crippen LogP contribution in [0, 0.1) is 0 Å². The molecule has 2 aromatic rings. The van der Waals surface area contributed by atoms with Gasteiger partial charge in [0.15, 0.2) is 0 Å². The van der Waals surface area contributed by atoms with Crippen LogP contribution >= 0.6 is 22.7 Å². The normalized spacial score (nSPS) is 24.4. The van der Waals surface area contributed by atoms with Gasteiger partial charge in [-0.1, -0.05) is 12.8 Å². The Labute approximate surface area is 144 Å². The second-order valence-electron chi connectivity index (χ2n) is 6.18. The van der Waals surface area contributed by atoms with Gasteiger partial charge in [-0.15, -0.1) is 11.3 Å². The fourth-order valence-electron chi connectivity index (χ4n) is 3.57. The van der Waals surface area contributed by atoms with E-state index in [-0.39, 0.29) is 18.1 Å². The van der Waals surface area contributed by atoms with Crippen LogP contribution in [-0.2, 0) is 16.0 Å². The molecule has 1 aliphatic heterocycles. The topological polar surface area (TPSA) is 42.4 Å². The summed E-state index contributed by atoms with van der Waals surface area (Å²) in [5.41, 5.74) is 2.04. The first-order chi connectivity index (χ1) is 11.3. The molecule has 4 nitrogen and oxygen atoms in total. The first kappa shape index (κ1) is 15.3. The van der Waals surface area contributed by atoms with Gasteiger partial charge in [0.2, 0.25) is 5.91 Å². The summed E-state index contributed by atoms with van der Waals surface area (Å²) in [6, 6.07) is 2.35. The number of carbonyl (C=O) groups is 1. The van der Waals surface area contributed by atoms with Crippen LogP contribution < -0.4 is 0 Å². The maximum atomic E-state index is 12.8. The number of aromatic nitrogens is 1. The number of nitrogens with zero attached hydrogens (tertiary/aromatic N) is 2. The molecule has 1 saturated heterocycles. The van der Waals surface area contributed by atoms with Crippen molar-refractivity contribution >= 4 is 28.6 Å². The number of hydrogen-bond donors (Lipinski definition) is 0. The van der Waals surface area contributed by atoms with Crippen LogP contribution in [0.1, 0.15) is 31.4 Å². The maximum absolute atomic E-state index is 12.8. The lowest BCUT2D eigenvalue weighted by Crippen LogP contribution is -2.55. The lowest BCUT2D eigenvalue weighted by molar-refractivity contribution is -0.148. The summed E-state index contributed by atoms with van der Waals surface area (Å²) in [4.78, 5) is 19.4. The minimum atomic E-state index is 0.201. The number of hydrogen-bond acceptors (Lipinski definition) is 5. The molecule has 1 saturated carbocycles. The van der Waals surface area contributed by atoms with Crippen LogP contribution in [0.15, 0.2) is 22.2 Å².